The average molecular weight is 542 g/mol. The molecular formula is C27H32BrN3O4. The van der Waals surface area contributed by atoms with Gasteiger partial charge in [0.15, 0.2) is 11.6 Å². The molecule has 0 saturated carbocycles. The molecule has 7 nitrogen and oxygen atoms in total. The van der Waals surface area contributed by atoms with Gasteiger partial charge in [-0.15, -0.1) is 6.58 Å². The molecule has 0 aliphatic carbocycles. The zero-order valence-corrected chi connectivity index (χ0v) is 21.4. The number of hydrogen-bond donors (Lipinski definition) is 2. The van der Waals surface area contributed by atoms with Gasteiger partial charge in [0.2, 0.25) is 5.90 Å². The number of carbonyl (C=O) groups is 1. The Morgan fingerprint density at radius 1 is 1.20 bits per heavy atom. The second-order valence-corrected chi connectivity index (χ2v) is 9.74. The molecule has 2 aliphatic rings. The quantitative estimate of drug-likeness (QED) is 0.340. The summed E-state index contributed by atoms with van der Waals surface area (Å²) < 4.78 is 13.0. The Kier molecular flexibility index (Phi) is 8.59. The molecule has 1 fully saturated rings. The molecule has 2 aromatic carbocycles. The van der Waals surface area contributed by atoms with Crippen molar-refractivity contribution in [1.82, 2.24) is 10.4 Å². The van der Waals surface area contributed by atoms with E-state index in [1.165, 1.54) is 6.42 Å². The van der Waals surface area contributed by atoms with E-state index in [2.05, 4.69) is 27.9 Å². The number of benzene rings is 2. The third-order valence-electron chi connectivity index (χ3n) is 6.27. The van der Waals surface area contributed by atoms with Crippen molar-refractivity contribution in [2.75, 3.05) is 26.3 Å². The minimum atomic E-state index is -1.18. The van der Waals surface area contributed by atoms with Crippen LogP contribution in [-0.2, 0) is 9.53 Å². The van der Waals surface area contributed by atoms with E-state index in [0.717, 1.165) is 41.5 Å². The third kappa shape index (κ3) is 5.94. The van der Waals surface area contributed by atoms with E-state index in [1.807, 2.05) is 53.5 Å². The van der Waals surface area contributed by atoms with Gasteiger partial charge < -0.3 is 14.6 Å². The number of hydrogen-bond acceptors (Lipinski definition) is 6. The number of rotatable bonds is 10. The first-order valence-electron chi connectivity index (χ1n) is 12.1. The van der Waals surface area contributed by atoms with Crippen LogP contribution in [0.4, 0.5) is 0 Å². The molecule has 8 heteroatoms. The zero-order valence-electron chi connectivity index (χ0n) is 19.8. The van der Waals surface area contributed by atoms with Crippen molar-refractivity contribution in [1.29, 1.82) is 0 Å². The topological polar surface area (TPSA) is 83.4 Å². The fourth-order valence-electron chi connectivity index (χ4n) is 4.42. The molecule has 2 heterocycles. The number of nitrogens with zero attached hydrogens (tertiary/aromatic N) is 2. The van der Waals surface area contributed by atoms with Crippen LogP contribution in [-0.4, -0.2) is 53.8 Å². The first-order valence-corrected chi connectivity index (χ1v) is 12.9. The van der Waals surface area contributed by atoms with Gasteiger partial charge in [-0.3, -0.25) is 10.2 Å². The summed E-state index contributed by atoms with van der Waals surface area (Å²) in [6.45, 7) is 6.11. The van der Waals surface area contributed by atoms with Crippen LogP contribution < -0.4 is 10.2 Å². The third-order valence-corrected chi connectivity index (χ3v) is 6.80. The predicted octanol–water partition coefficient (Wildman–Crippen LogP) is 4.56. The van der Waals surface area contributed by atoms with Crippen molar-refractivity contribution in [3.05, 3.63) is 76.8 Å². The lowest BCUT2D eigenvalue weighted by Crippen LogP contribution is -2.55. The molecule has 35 heavy (non-hydrogen) atoms. The van der Waals surface area contributed by atoms with Gasteiger partial charge in [0.1, 0.15) is 5.75 Å². The normalized spacial score (nSPS) is 22.2. The highest BCUT2D eigenvalue weighted by Crippen LogP contribution is 2.43. The summed E-state index contributed by atoms with van der Waals surface area (Å²) in [5.74, 6) is 0.923. The van der Waals surface area contributed by atoms with Crippen LogP contribution in [0.1, 0.15) is 49.3 Å². The number of piperidine rings is 1. The van der Waals surface area contributed by atoms with Crippen LogP contribution in [0.25, 0.3) is 0 Å². The summed E-state index contributed by atoms with van der Waals surface area (Å²) in [6, 6.07) is 15.2. The molecule has 0 unspecified atom stereocenters. The average Bonchev–Trinajstić information content (AvgIpc) is 3.26. The highest BCUT2D eigenvalue weighted by Gasteiger charge is 2.53. The highest BCUT2D eigenvalue weighted by molar-refractivity contribution is 9.10. The summed E-state index contributed by atoms with van der Waals surface area (Å²) in [4.78, 5) is 18.7. The number of aliphatic imine (C=N–C) groups is 1. The maximum atomic E-state index is 13.8. The second kappa shape index (κ2) is 11.8. The van der Waals surface area contributed by atoms with Gasteiger partial charge in [-0.1, -0.05) is 40.6 Å². The van der Waals surface area contributed by atoms with E-state index in [0.29, 0.717) is 31.1 Å². The molecule has 2 aromatic rings. The summed E-state index contributed by atoms with van der Waals surface area (Å²) in [6.07, 6.45) is 5.33. The number of carbonyl (C=O) groups excluding carboxylic acids is 1. The number of halogens is 1. The van der Waals surface area contributed by atoms with Crippen molar-refractivity contribution in [3.8, 4) is 5.75 Å². The molecule has 1 saturated heterocycles. The predicted molar refractivity (Wildman–Crippen MR) is 139 cm³/mol. The Bertz CT molecular complexity index is 1040. The fourth-order valence-corrected chi connectivity index (χ4v) is 4.68. The fraction of sp³-hybridized carbons (Fsp3) is 0.407. The van der Waals surface area contributed by atoms with Gasteiger partial charge in [-0.05, 0) is 54.8 Å². The lowest BCUT2D eigenvalue weighted by molar-refractivity contribution is -0.134. The van der Waals surface area contributed by atoms with Crippen molar-refractivity contribution < 1.29 is 19.4 Å². The van der Waals surface area contributed by atoms with E-state index in [1.54, 1.807) is 6.08 Å². The number of aliphatic hydroxyl groups is 1. The molecule has 0 bridgehead atoms. The molecule has 2 atom stereocenters. The van der Waals surface area contributed by atoms with E-state index in [4.69, 9.17) is 19.6 Å². The molecule has 2 N–H and O–H groups in total. The Labute approximate surface area is 214 Å². The monoisotopic (exact) mass is 541 g/mol. The highest BCUT2D eigenvalue weighted by atomic mass is 79.9. The van der Waals surface area contributed by atoms with Crippen LogP contribution in [0.5, 0.6) is 5.75 Å². The van der Waals surface area contributed by atoms with Crippen LogP contribution >= 0.6 is 15.9 Å². The lowest BCUT2D eigenvalue weighted by atomic mass is 9.84. The van der Waals surface area contributed by atoms with Crippen LogP contribution in [0.3, 0.4) is 0 Å². The van der Waals surface area contributed by atoms with Crippen molar-refractivity contribution in [2.24, 2.45) is 4.99 Å². The Balaban J connectivity index is 1.66. The number of hydrazine groups is 1. The van der Waals surface area contributed by atoms with E-state index in [9.17, 15) is 4.79 Å². The molecule has 186 valence electrons. The SMILES string of the molecule is C=CC[C@]1(C(=O)NN2CCCCC2)N=C(c2ccc(OCCCO)cc2)O[C@H]1c1ccc(Br)cc1. The summed E-state index contributed by atoms with van der Waals surface area (Å²) in [7, 11) is 0. The van der Waals surface area contributed by atoms with E-state index < -0.39 is 11.6 Å². The maximum absolute atomic E-state index is 13.8. The number of aliphatic hydroxyl groups excluding tert-OH is 1. The molecule has 0 radical (unpaired) electrons. The Morgan fingerprint density at radius 3 is 2.57 bits per heavy atom. The van der Waals surface area contributed by atoms with Gasteiger partial charge in [0.05, 0.1) is 6.61 Å². The molecule has 4 rings (SSSR count). The minimum absolute atomic E-state index is 0.0883. The molecule has 2 aliphatic heterocycles. The first-order chi connectivity index (χ1) is 17.1. The molecule has 1 amide bonds. The first kappa shape index (κ1) is 25.4. The maximum Gasteiger partial charge on any atom is 0.266 e. The standard InChI is InChI=1S/C27H32BrN3O4/c1-2-15-27(26(33)30-31-16-4-3-5-17-31)24(20-7-11-22(28)12-8-20)35-25(29-27)21-9-13-23(14-10-21)34-19-6-18-32/h2,7-14,24,32H,1,3-6,15-19H2,(H,30,33)/t24-,27-/m0/s1. The van der Waals surface area contributed by atoms with Crippen molar-refractivity contribution in [2.45, 2.75) is 43.7 Å². The summed E-state index contributed by atoms with van der Waals surface area (Å²) >= 11 is 3.49. The van der Waals surface area contributed by atoms with Crippen molar-refractivity contribution in [3.63, 3.8) is 0 Å². The summed E-state index contributed by atoms with van der Waals surface area (Å²) in [5.41, 5.74) is 3.56. The largest absolute Gasteiger partial charge is 0.494 e. The zero-order chi connectivity index (χ0) is 24.7. The van der Waals surface area contributed by atoms with Crippen LogP contribution in [0.2, 0.25) is 0 Å². The minimum Gasteiger partial charge on any atom is -0.494 e. The molecule has 0 aromatic heterocycles. The van der Waals surface area contributed by atoms with Gasteiger partial charge in [0.25, 0.3) is 5.91 Å². The molecular weight excluding hydrogens is 510 g/mol. The van der Waals surface area contributed by atoms with Gasteiger partial charge in [0, 0.05) is 42.6 Å². The lowest BCUT2D eigenvalue weighted by Gasteiger charge is -2.34. The Hall–Kier alpha value is -2.68. The molecule has 0 spiro atoms. The van der Waals surface area contributed by atoms with E-state index >= 15 is 0 Å². The van der Waals surface area contributed by atoms with Gasteiger partial charge in [-0.25, -0.2) is 10.0 Å². The van der Waals surface area contributed by atoms with Crippen molar-refractivity contribution >= 4 is 27.7 Å². The summed E-state index contributed by atoms with van der Waals surface area (Å²) in [5, 5.41) is 10.9. The van der Waals surface area contributed by atoms with Crippen LogP contribution in [0.15, 0.2) is 70.7 Å². The number of ether oxygens (including phenoxy) is 2. The smallest absolute Gasteiger partial charge is 0.266 e. The number of amides is 1. The number of nitrogens with one attached hydrogen (secondary N) is 1. The van der Waals surface area contributed by atoms with Gasteiger partial charge >= 0.3 is 0 Å². The van der Waals surface area contributed by atoms with Gasteiger partial charge in [-0.2, -0.15) is 0 Å². The van der Waals surface area contributed by atoms with E-state index in [-0.39, 0.29) is 12.5 Å². The van der Waals surface area contributed by atoms with Crippen LogP contribution in [0, 0.1) is 0 Å². The Morgan fingerprint density at radius 2 is 1.91 bits per heavy atom. The second-order valence-electron chi connectivity index (χ2n) is 8.82.